The van der Waals surface area contributed by atoms with Crippen LogP contribution in [0.25, 0.3) is 0 Å². The quantitative estimate of drug-likeness (QED) is 0.197. The van der Waals surface area contributed by atoms with Crippen LogP contribution in [0.3, 0.4) is 0 Å². The molecule has 0 saturated carbocycles. The molecule has 0 aliphatic carbocycles. The highest BCUT2D eigenvalue weighted by Gasteiger charge is 2.48. The first-order valence-electron chi connectivity index (χ1n) is 14.4. The van der Waals surface area contributed by atoms with Crippen LogP contribution in [0.2, 0.25) is 18.1 Å². The van der Waals surface area contributed by atoms with E-state index in [9.17, 15) is 18.3 Å². The summed E-state index contributed by atoms with van der Waals surface area (Å²) in [6.07, 6.45) is -1.83. The number of aliphatic imine (C=N–C) groups is 1. The molecule has 1 aromatic carbocycles. The van der Waals surface area contributed by atoms with Crippen molar-refractivity contribution in [2.24, 2.45) is 4.99 Å². The Kier molecular flexibility index (Phi) is 12.4. The third-order valence-electron chi connectivity index (χ3n) is 7.65. The molecule has 1 aromatic rings. The molecule has 0 fully saturated rings. The van der Waals surface area contributed by atoms with Gasteiger partial charge in [0.2, 0.25) is 16.0 Å². The molecule has 0 bridgehead atoms. The van der Waals surface area contributed by atoms with Crippen LogP contribution < -0.4 is 0 Å². The van der Waals surface area contributed by atoms with E-state index < -0.39 is 60.0 Å². The number of aliphatic hydroxyl groups is 1. The van der Waals surface area contributed by atoms with Gasteiger partial charge in [0.15, 0.2) is 8.32 Å². The van der Waals surface area contributed by atoms with Gasteiger partial charge in [-0.1, -0.05) is 39.0 Å². The fraction of sp³-hybridized carbons (Fsp3) is 0.724. The van der Waals surface area contributed by atoms with Gasteiger partial charge in [0.05, 0.1) is 31.7 Å². The van der Waals surface area contributed by atoms with Gasteiger partial charge < -0.3 is 23.7 Å². The van der Waals surface area contributed by atoms with Gasteiger partial charge in [0, 0.05) is 19.7 Å². The lowest BCUT2D eigenvalue weighted by Crippen LogP contribution is -2.57. The molecule has 1 N–H and O–H groups in total. The zero-order valence-corrected chi connectivity index (χ0v) is 29.1. The molecule has 1 heterocycles. The first-order chi connectivity index (χ1) is 19.7. The van der Waals surface area contributed by atoms with E-state index in [2.05, 4.69) is 33.9 Å². The average molecular weight is 648 g/mol. The largest absolute Gasteiger partial charge is 0.443 e. The summed E-state index contributed by atoms with van der Waals surface area (Å²) in [5.41, 5.74) is -2.55. The number of nitrogens with zero attached hydrogens (tertiary/aromatic N) is 3. The number of sulfonamides is 1. The van der Waals surface area contributed by atoms with E-state index in [1.807, 2.05) is 0 Å². The first-order valence-corrected chi connectivity index (χ1v) is 18.9. The fourth-order valence-corrected chi connectivity index (χ4v) is 6.70. The van der Waals surface area contributed by atoms with Crippen LogP contribution >= 0.6 is 0 Å². The van der Waals surface area contributed by atoms with Crippen molar-refractivity contribution >= 4 is 30.4 Å². The van der Waals surface area contributed by atoms with Crippen LogP contribution in [0.15, 0.2) is 29.3 Å². The van der Waals surface area contributed by atoms with Crippen molar-refractivity contribution in [3.05, 3.63) is 35.6 Å². The van der Waals surface area contributed by atoms with E-state index in [1.165, 1.54) is 32.4 Å². The molecule has 2 atom stereocenters. The number of guanidine groups is 1. The maximum atomic E-state index is 15.4. The number of carbonyl (C=O) groups is 1. The Morgan fingerprint density at radius 1 is 1.19 bits per heavy atom. The van der Waals surface area contributed by atoms with Gasteiger partial charge in [-0.15, -0.1) is 0 Å². The standard InChI is InChI=1S/C29H50FN3O8SSi/c1-27(2,3)41-26(35)33(21-39-18-17-38-8)25-31-29(20-42(36,37)32(25)7,23-13-11-12-14-24(23)30)16-15-22(34)19-40-43(9,10)28(4,5)6/h11-14,22,34H,15-21H2,1-10H3. The summed E-state index contributed by atoms with van der Waals surface area (Å²) in [5.74, 6) is -1.52. The Bertz CT molecular complexity index is 1230. The molecule has 0 saturated heterocycles. The number of halogens is 1. The van der Waals surface area contributed by atoms with E-state index in [0.29, 0.717) is 0 Å². The monoisotopic (exact) mass is 647 g/mol. The molecule has 2 unspecified atom stereocenters. The van der Waals surface area contributed by atoms with Crippen molar-refractivity contribution in [2.75, 3.05) is 46.5 Å². The second kappa shape index (κ2) is 14.3. The minimum absolute atomic E-state index is 0.0335. The minimum Gasteiger partial charge on any atom is -0.443 e. The zero-order chi connectivity index (χ0) is 32.9. The third kappa shape index (κ3) is 9.95. The summed E-state index contributed by atoms with van der Waals surface area (Å²) < 4.78 is 66.0. The Hall–Kier alpha value is -2.10. The molecule has 43 heavy (non-hydrogen) atoms. The first kappa shape index (κ1) is 37.1. The van der Waals surface area contributed by atoms with E-state index in [0.717, 1.165) is 9.21 Å². The maximum Gasteiger partial charge on any atom is 0.419 e. The fourth-order valence-electron chi connectivity index (χ4n) is 4.10. The molecule has 1 aliphatic rings. The van der Waals surface area contributed by atoms with Crippen molar-refractivity contribution in [1.82, 2.24) is 9.21 Å². The average Bonchev–Trinajstić information content (AvgIpc) is 2.87. The second-order valence-corrected chi connectivity index (χ2v) is 20.2. The Balaban J connectivity index is 2.60. The summed E-state index contributed by atoms with van der Waals surface area (Å²) in [6, 6.07) is 5.80. The van der Waals surface area contributed by atoms with Crippen molar-refractivity contribution < 1.29 is 41.3 Å². The van der Waals surface area contributed by atoms with Crippen molar-refractivity contribution in [2.45, 2.75) is 89.8 Å². The summed E-state index contributed by atoms with van der Waals surface area (Å²) in [7, 11) is -3.54. The third-order valence-corrected chi connectivity index (χ3v) is 14.0. The maximum absolute atomic E-state index is 15.4. The molecular weight excluding hydrogens is 597 g/mol. The van der Waals surface area contributed by atoms with Crippen LogP contribution in [0.4, 0.5) is 9.18 Å². The molecule has 14 heteroatoms. The van der Waals surface area contributed by atoms with Gasteiger partial charge in [-0.05, 0) is 57.8 Å². The molecule has 0 spiro atoms. The van der Waals surface area contributed by atoms with Crippen LogP contribution in [0, 0.1) is 5.82 Å². The molecule has 11 nitrogen and oxygen atoms in total. The topological polar surface area (TPSA) is 127 Å². The van der Waals surface area contributed by atoms with Crippen molar-refractivity contribution in [1.29, 1.82) is 0 Å². The number of amides is 1. The number of hydrogen-bond donors (Lipinski definition) is 1. The van der Waals surface area contributed by atoms with E-state index in [-0.39, 0.29) is 49.2 Å². The Morgan fingerprint density at radius 2 is 1.81 bits per heavy atom. The molecule has 1 amide bonds. The van der Waals surface area contributed by atoms with E-state index >= 15 is 4.39 Å². The zero-order valence-electron chi connectivity index (χ0n) is 27.3. The number of methoxy groups -OCH3 is 1. The van der Waals surface area contributed by atoms with Gasteiger partial charge >= 0.3 is 6.09 Å². The number of rotatable bonds is 12. The van der Waals surface area contributed by atoms with Gasteiger partial charge in [-0.25, -0.2) is 31.8 Å². The van der Waals surface area contributed by atoms with Crippen LogP contribution in [-0.2, 0) is 34.2 Å². The van der Waals surface area contributed by atoms with Gasteiger partial charge in [-0.3, -0.25) is 0 Å². The molecular formula is C29H50FN3O8SSi. The normalized spacial score (nSPS) is 20.0. The molecule has 2 rings (SSSR count). The molecule has 246 valence electrons. The highest BCUT2D eigenvalue weighted by Crippen LogP contribution is 2.40. The Morgan fingerprint density at radius 3 is 2.37 bits per heavy atom. The number of benzene rings is 1. The van der Waals surface area contributed by atoms with Crippen molar-refractivity contribution in [3.63, 3.8) is 0 Å². The molecule has 1 aliphatic heterocycles. The summed E-state index contributed by atoms with van der Waals surface area (Å²) >= 11 is 0. The van der Waals surface area contributed by atoms with Crippen LogP contribution in [0.1, 0.15) is 59.9 Å². The summed E-state index contributed by atoms with van der Waals surface area (Å²) in [5, 5.41) is 10.9. The number of hydrogen-bond acceptors (Lipinski definition) is 9. The van der Waals surface area contributed by atoms with Crippen molar-refractivity contribution in [3.8, 4) is 0 Å². The van der Waals surface area contributed by atoms with E-state index in [1.54, 1.807) is 26.8 Å². The number of ether oxygens (including phenoxy) is 3. The lowest BCUT2D eigenvalue weighted by Gasteiger charge is -2.41. The lowest BCUT2D eigenvalue weighted by molar-refractivity contribution is -0.00424. The van der Waals surface area contributed by atoms with Crippen LogP contribution in [0.5, 0.6) is 0 Å². The van der Waals surface area contributed by atoms with Gasteiger partial charge in [0.1, 0.15) is 23.7 Å². The summed E-state index contributed by atoms with van der Waals surface area (Å²) in [4.78, 5) is 19.1. The highest BCUT2D eigenvalue weighted by atomic mass is 32.2. The van der Waals surface area contributed by atoms with E-state index in [4.69, 9.17) is 23.6 Å². The minimum atomic E-state index is -4.14. The van der Waals surface area contributed by atoms with Gasteiger partial charge in [0.25, 0.3) is 0 Å². The summed E-state index contributed by atoms with van der Waals surface area (Å²) in [6.45, 7) is 15.4. The SMILES string of the molecule is COCCOCN(C(=O)OC(C)(C)C)C1=NC(CCC(O)CO[Si](C)(C)C(C)(C)C)(c2ccccc2F)CS(=O)(=O)N1C. The lowest BCUT2D eigenvalue weighted by atomic mass is 9.86. The second-order valence-electron chi connectivity index (χ2n) is 13.3. The number of aliphatic hydroxyl groups excluding tert-OH is 1. The van der Waals surface area contributed by atoms with Crippen LogP contribution in [-0.4, -0.2) is 101 Å². The highest BCUT2D eigenvalue weighted by molar-refractivity contribution is 7.89. The molecule has 0 radical (unpaired) electrons. The molecule has 0 aromatic heterocycles. The predicted molar refractivity (Wildman–Crippen MR) is 166 cm³/mol. The smallest absolute Gasteiger partial charge is 0.419 e. The Labute approximate surface area is 257 Å². The predicted octanol–water partition coefficient (Wildman–Crippen LogP) is 4.67. The number of carbonyl (C=O) groups excluding carboxylic acids is 1. The van der Waals surface area contributed by atoms with Gasteiger partial charge in [-0.2, -0.15) is 0 Å².